The Bertz CT molecular complexity index is 419. The molecule has 0 radical (unpaired) electrons. The number of rotatable bonds is 11. The zero-order chi connectivity index (χ0) is 15.5. The van der Waals surface area contributed by atoms with Crippen molar-refractivity contribution in [3.8, 4) is 0 Å². The Labute approximate surface area is 136 Å². The Kier molecular flexibility index (Phi) is 9.50. The van der Waals surface area contributed by atoms with E-state index in [1.165, 1.54) is 0 Å². The third-order valence-electron chi connectivity index (χ3n) is 2.71. The van der Waals surface area contributed by atoms with Crippen molar-refractivity contribution in [1.82, 2.24) is 4.98 Å². The smallest absolute Gasteiger partial charge is 0.147 e. The van der Waals surface area contributed by atoms with Gasteiger partial charge in [0.2, 0.25) is 0 Å². The number of hydrogen-bond donors (Lipinski definition) is 2. The van der Waals surface area contributed by atoms with Gasteiger partial charge in [0.05, 0.1) is 23.3 Å². The lowest BCUT2D eigenvalue weighted by Gasteiger charge is -2.11. The molecule has 1 heterocycles. The van der Waals surface area contributed by atoms with Gasteiger partial charge in [-0.3, -0.25) is 0 Å². The monoisotopic (exact) mass is 335 g/mol. The van der Waals surface area contributed by atoms with Crippen LogP contribution in [0.5, 0.6) is 0 Å². The van der Waals surface area contributed by atoms with Crippen LogP contribution in [-0.4, -0.2) is 45.0 Å². The summed E-state index contributed by atoms with van der Waals surface area (Å²) in [7, 11) is 1.66. The van der Waals surface area contributed by atoms with Crippen LogP contribution < -0.4 is 10.6 Å². The maximum Gasteiger partial charge on any atom is 0.147 e. The molecule has 0 aliphatic carbocycles. The van der Waals surface area contributed by atoms with Gasteiger partial charge in [-0.2, -0.15) is 0 Å². The molecule has 0 aliphatic rings. The van der Waals surface area contributed by atoms with Gasteiger partial charge in [0.1, 0.15) is 11.6 Å². The van der Waals surface area contributed by atoms with Gasteiger partial charge >= 0.3 is 0 Å². The average Bonchev–Trinajstić information content (AvgIpc) is 2.46. The highest BCUT2D eigenvalue weighted by molar-refractivity contribution is 6.37. The van der Waals surface area contributed by atoms with Gasteiger partial charge in [0.25, 0.3) is 0 Å². The maximum absolute atomic E-state index is 6.12. The number of anilines is 2. The van der Waals surface area contributed by atoms with Crippen LogP contribution in [0.4, 0.5) is 11.6 Å². The van der Waals surface area contributed by atoms with Gasteiger partial charge in [-0.05, 0) is 25.8 Å². The zero-order valence-electron chi connectivity index (χ0n) is 12.5. The lowest BCUT2D eigenvalue weighted by Crippen LogP contribution is -2.08. The topological polar surface area (TPSA) is 55.4 Å². The van der Waals surface area contributed by atoms with Gasteiger partial charge in [-0.15, -0.1) is 0 Å². The molecule has 5 nitrogen and oxygen atoms in total. The van der Waals surface area contributed by atoms with Crippen molar-refractivity contribution in [2.45, 2.75) is 19.8 Å². The molecule has 2 N–H and O–H groups in total. The summed E-state index contributed by atoms with van der Waals surface area (Å²) < 4.78 is 10.3. The van der Waals surface area contributed by atoms with E-state index < -0.39 is 0 Å². The molecule has 7 heteroatoms. The number of hydrogen-bond acceptors (Lipinski definition) is 5. The lowest BCUT2D eigenvalue weighted by atomic mass is 10.3. The highest BCUT2D eigenvalue weighted by Crippen LogP contribution is 2.29. The van der Waals surface area contributed by atoms with Crippen molar-refractivity contribution >= 4 is 34.8 Å². The molecular formula is C14H23Cl2N3O2. The Balaban J connectivity index is 2.29. The number of pyridine rings is 1. The SMILES string of the molecule is CCNc1nc(NCCCCOCCOC)c(Cl)cc1Cl. The number of ether oxygens (including phenoxy) is 2. The molecule has 0 saturated carbocycles. The van der Waals surface area contributed by atoms with Crippen LogP contribution >= 0.6 is 23.2 Å². The van der Waals surface area contributed by atoms with Crippen LogP contribution in [-0.2, 0) is 9.47 Å². The average molecular weight is 336 g/mol. The lowest BCUT2D eigenvalue weighted by molar-refractivity contribution is 0.0691. The highest BCUT2D eigenvalue weighted by atomic mass is 35.5. The van der Waals surface area contributed by atoms with Crippen LogP contribution in [0.15, 0.2) is 6.07 Å². The summed E-state index contributed by atoms with van der Waals surface area (Å²) >= 11 is 12.2. The Morgan fingerprint density at radius 2 is 1.76 bits per heavy atom. The van der Waals surface area contributed by atoms with E-state index in [0.29, 0.717) is 34.9 Å². The number of halogens is 2. The number of aromatic nitrogens is 1. The molecule has 1 aromatic rings. The number of unbranched alkanes of at least 4 members (excludes halogenated alkanes) is 1. The summed E-state index contributed by atoms with van der Waals surface area (Å²) in [5.74, 6) is 1.30. The van der Waals surface area contributed by atoms with E-state index in [2.05, 4.69) is 15.6 Å². The van der Waals surface area contributed by atoms with E-state index in [1.807, 2.05) is 6.92 Å². The van der Waals surface area contributed by atoms with E-state index in [9.17, 15) is 0 Å². The molecule has 0 amide bonds. The van der Waals surface area contributed by atoms with Gasteiger partial charge < -0.3 is 20.1 Å². The Hall–Kier alpha value is -0.750. The van der Waals surface area contributed by atoms with Crippen molar-refractivity contribution in [2.24, 2.45) is 0 Å². The summed E-state index contributed by atoms with van der Waals surface area (Å²) in [5, 5.41) is 7.37. The van der Waals surface area contributed by atoms with Crippen molar-refractivity contribution in [3.63, 3.8) is 0 Å². The minimum absolute atomic E-state index is 0.526. The molecule has 0 bridgehead atoms. The highest BCUT2D eigenvalue weighted by Gasteiger charge is 2.08. The molecule has 0 spiro atoms. The zero-order valence-corrected chi connectivity index (χ0v) is 14.1. The predicted molar refractivity (Wildman–Crippen MR) is 88.8 cm³/mol. The minimum Gasteiger partial charge on any atom is -0.382 e. The van der Waals surface area contributed by atoms with E-state index in [-0.39, 0.29) is 0 Å². The summed E-state index contributed by atoms with van der Waals surface area (Å²) in [6, 6.07) is 1.70. The Morgan fingerprint density at radius 1 is 1.05 bits per heavy atom. The largest absolute Gasteiger partial charge is 0.382 e. The molecule has 1 rings (SSSR count). The van der Waals surface area contributed by atoms with E-state index in [0.717, 1.165) is 32.5 Å². The van der Waals surface area contributed by atoms with Gasteiger partial charge in [-0.25, -0.2) is 4.98 Å². The van der Waals surface area contributed by atoms with Crippen LogP contribution in [0.3, 0.4) is 0 Å². The van der Waals surface area contributed by atoms with Crippen LogP contribution in [0, 0.1) is 0 Å². The molecule has 0 aromatic carbocycles. The molecule has 1 aromatic heterocycles. The minimum atomic E-state index is 0.526. The quantitative estimate of drug-likeness (QED) is 0.604. The second kappa shape index (κ2) is 10.9. The van der Waals surface area contributed by atoms with E-state index >= 15 is 0 Å². The molecular weight excluding hydrogens is 313 g/mol. The molecule has 0 saturated heterocycles. The molecule has 21 heavy (non-hydrogen) atoms. The fourth-order valence-corrected chi connectivity index (χ4v) is 2.15. The first-order valence-electron chi connectivity index (χ1n) is 7.09. The van der Waals surface area contributed by atoms with Crippen molar-refractivity contribution in [3.05, 3.63) is 16.1 Å². The third kappa shape index (κ3) is 7.18. The Morgan fingerprint density at radius 3 is 2.43 bits per heavy atom. The summed E-state index contributed by atoms with van der Waals surface area (Å²) in [4.78, 5) is 4.39. The maximum atomic E-state index is 6.12. The number of nitrogens with one attached hydrogen (secondary N) is 2. The summed E-state index contributed by atoms with van der Waals surface area (Å²) in [6.07, 6.45) is 1.95. The van der Waals surface area contributed by atoms with Crippen LogP contribution in [0.2, 0.25) is 10.0 Å². The standard InChI is InChI=1S/C14H23Cl2N3O2/c1-3-17-13-11(15)10-12(16)14(19-13)18-6-4-5-7-21-9-8-20-2/h10H,3-9H2,1-2H3,(H2,17,18,19). The van der Waals surface area contributed by atoms with E-state index in [4.69, 9.17) is 32.7 Å². The molecule has 0 unspecified atom stereocenters. The second-order valence-electron chi connectivity index (χ2n) is 4.42. The van der Waals surface area contributed by atoms with Crippen molar-refractivity contribution in [2.75, 3.05) is 50.7 Å². The first kappa shape index (κ1) is 18.3. The molecule has 120 valence electrons. The molecule has 0 atom stereocenters. The number of nitrogens with zero attached hydrogens (tertiary/aromatic N) is 1. The van der Waals surface area contributed by atoms with Gasteiger partial charge in [0, 0.05) is 26.8 Å². The van der Waals surface area contributed by atoms with Crippen LogP contribution in [0.25, 0.3) is 0 Å². The third-order valence-corrected chi connectivity index (χ3v) is 3.29. The molecule has 0 aliphatic heterocycles. The fraction of sp³-hybridized carbons (Fsp3) is 0.643. The van der Waals surface area contributed by atoms with Crippen molar-refractivity contribution in [1.29, 1.82) is 0 Å². The summed E-state index contributed by atoms with van der Waals surface area (Å²) in [5.41, 5.74) is 0. The molecule has 0 fully saturated rings. The van der Waals surface area contributed by atoms with Crippen molar-refractivity contribution < 1.29 is 9.47 Å². The van der Waals surface area contributed by atoms with E-state index in [1.54, 1.807) is 13.2 Å². The van der Waals surface area contributed by atoms with Gasteiger partial charge in [0.15, 0.2) is 0 Å². The first-order valence-corrected chi connectivity index (χ1v) is 7.85. The second-order valence-corrected chi connectivity index (χ2v) is 5.23. The van der Waals surface area contributed by atoms with Crippen LogP contribution in [0.1, 0.15) is 19.8 Å². The fourth-order valence-electron chi connectivity index (χ4n) is 1.66. The summed E-state index contributed by atoms with van der Waals surface area (Å²) in [6.45, 7) is 5.54. The first-order chi connectivity index (χ1) is 10.2. The predicted octanol–water partition coefficient (Wildman–Crippen LogP) is 3.68. The number of methoxy groups -OCH3 is 1. The normalized spacial score (nSPS) is 10.7. The van der Waals surface area contributed by atoms with Gasteiger partial charge in [-0.1, -0.05) is 23.2 Å².